The number of carboxylic acids is 1. The van der Waals surface area contributed by atoms with E-state index in [1.165, 1.54) is 4.90 Å². The molecule has 0 heterocycles. The predicted molar refractivity (Wildman–Crippen MR) is 65.2 cm³/mol. The molecule has 0 aliphatic rings. The summed E-state index contributed by atoms with van der Waals surface area (Å²) in [5.41, 5.74) is 0. The zero-order valence-corrected chi connectivity index (χ0v) is 10.5. The van der Waals surface area contributed by atoms with E-state index in [2.05, 4.69) is 5.32 Å². The lowest BCUT2D eigenvalue weighted by Crippen LogP contribution is -2.43. The van der Waals surface area contributed by atoms with Crippen LogP contribution in [0.2, 0.25) is 0 Å². The van der Waals surface area contributed by atoms with Gasteiger partial charge in [-0.1, -0.05) is 6.42 Å². The average molecular weight is 262 g/mol. The van der Waals surface area contributed by atoms with Gasteiger partial charge in [-0.15, -0.1) is 0 Å². The van der Waals surface area contributed by atoms with Crippen LogP contribution in [0.4, 0.5) is 4.79 Å². The number of hydrogen-bond donors (Lipinski definition) is 4. The Bertz CT molecular complexity index is 242. The van der Waals surface area contributed by atoms with Crippen LogP contribution in [0.25, 0.3) is 0 Å². The molecule has 0 aromatic heterocycles. The van der Waals surface area contributed by atoms with Crippen LogP contribution in [0, 0.1) is 0 Å². The van der Waals surface area contributed by atoms with Gasteiger partial charge in [0.15, 0.2) is 0 Å². The lowest BCUT2D eigenvalue weighted by Gasteiger charge is -2.21. The SMILES string of the molecule is O=C(O)CCCCCNC(=O)N(CCO)CCO. The summed E-state index contributed by atoms with van der Waals surface area (Å²) < 4.78 is 0. The molecule has 2 amide bonds. The summed E-state index contributed by atoms with van der Waals surface area (Å²) in [6.07, 6.45) is 2.20. The summed E-state index contributed by atoms with van der Waals surface area (Å²) in [6.45, 7) is 0.542. The number of unbranched alkanes of at least 4 members (excludes halogenated alkanes) is 2. The smallest absolute Gasteiger partial charge is 0.317 e. The molecule has 0 saturated heterocycles. The van der Waals surface area contributed by atoms with Gasteiger partial charge >= 0.3 is 12.0 Å². The molecule has 0 fully saturated rings. The number of aliphatic hydroxyl groups is 2. The predicted octanol–water partition coefficient (Wildman–Crippen LogP) is -0.372. The minimum atomic E-state index is -0.809. The maximum atomic E-state index is 11.6. The van der Waals surface area contributed by atoms with Crippen LogP contribution in [-0.2, 0) is 4.79 Å². The Balaban J connectivity index is 3.63. The normalized spacial score (nSPS) is 10.1. The van der Waals surface area contributed by atoms with Gasteiger partial charge in [-0.05, 0) is 12.8 Å². The number of aliphatic hydroxyl groups excluding tert-OH is 2. The second kappa shape index (κ2) is 10.8. The fourth-order valence-corrected chi connectivity index (χ4v) is 1.44. The van der Waals surface area contributed by atoms with Gasteiger partial charge in [0, 0.05) is 26.1 Å². The van der Waals surface area contributed by atoms with Crippen molar-refractivity contribution in [2.45, 2.75) is 25.7 Å². The van der Waals surface area contributed by atoms with Crippen molar-refractivity contribution in [3.63, 3.8) is 0 Å². The molecule has 106 valence electrons. The molecule has 0 unspecified atom stereocenters. The van der Waals surface area contributed by atoms with E-state index in [0.29, 0.717) is 19.4 Å². The fourth-order valence-electron chi connectivity index (χ4n) is 1.44. The Hall–Kier alpha value is -1.34. The van der Waals surface area contributed by atoms with Crippen molar-refractivity contribution >= 4 is 12.0 Å². The number of carboxylic acid groups (broad SMARTS) is 1. The number of nitrogens with zero attached hydrogens (tertiary/aromatic N) is 1. The minimum absolute atomic E-state index is 0.147. The number of urea groups is 1. The highest BCUT2D eigenvalue weighted by Crippen LogP contribution is 1.99. The van der Waals surface area contributed by atoms with E-state index in [1.54, 1.807) is 0 Å². The zero-order chi connectivity index (χ0) is 13.8. The second-order valence-corrected chi connectivity index (χ2v) is 3.87. The molecule has 18 heavy (non-hydrogen) atoms. The first kappa shape index (κ1) is 16.7. The molecular formula is C11H22N2O5. The van der Waals surface area contributed by atoms with Gasteiger partial charge in [0.25, 0.3) is 0 Å². The summed E-state index contributed by atoms with van der Waals surface area (Å²) in [5.74, 6) is -0.809. The van der Waals surface area contributed by atoms with Crippen molar-refractivity contribution in [1.29, 1.82) is 0 Å². The molecule has 0 saturated carbocycles. The summed E-state index contributed by atoms with van der Waals surface area (Å²) in [6, 6.07) is -0.323. The first-order valence-electron chi connectivity index (χ1n) is 6.08. The van der Waals surface area contributed by atoms with Crippen LogP contribution in [0.1, 0.15) is 25.7 Å². The van der Waals surface area contributed by atoms with Crippen molar-refractivity contribution in [2.24, 2.45) is 0 Å². The van der Waals surface area contributed by atoms with Crippen LogP contribution in [0.5, 0.6) is 0 Å². The van der Waals surface area contributed by atoms with Gasteiger partial charge in [-0.2, -0.15) is 0 Å². The molecule has 0 radical (unpaired) electrons. The Morgan fingerprint density at radius 3 is 2.11 bits per heavy atom. The Kier molecular flexibility index (Phi) is 9.99. The third kappa shape index (κ3) is 8.77. The van der Waals surface area contributed by atoms with E-state index >= 15 is 0 Å². The lowest BCUT2D eigenvalue weighted by atomic mass is 10.2. The first-order chi connectivity index (χ1) is 8.61. The molecule has 7 nitrogen and oxygen atoms in total. The van der Waals surface area contributed by atoms with Crippen LogP contribution in [-0.4, -0.2) is 65.1 Å². The molecular weight excluding hydrogens is 240 g/mol. The number of carbonyl (C=O) groups is 2. The van der Waals surface area contributed by atoms with Crippen LogP contribution < -0.4 is 5.32 Å². The van der Waals surface area contributed by atoms with E-state index in [4.69, 9.17) is 15.3 Å². The molecule has 0 spiro atoms. The van der Waals surface area contributed by atoms with Gasteiger partial charge in [-0.25, -0.2) is 4.79 Å². The Morgan fingerprint density at radius 2 is 1.61 bits per heavy atom. The molecule has 0 bridgehead atoms. The number of amides is 2. The zero-order valence-electron chi connectivity index (χ0n) is 10.5. The van der Waals surface area contributed by atoms with E-state index in [0.717, 1.165) is 6.42 Å². The number of carbonyl (C=O) groups excluding carboxylic acids is 1. The molecule has 0 atom stereocenters. The van der Waals surface area contributed by atoms with Crippen LogP contribution >= 0.6 is 0 Å². The van der Waals surface area contributed by atoms with Gasteiger partial charge in [-0.3, -0.25) is 4.79 Å². The highest BCUT2D eigenvalue weighted by Gasteiger charge is 2.10. The van der Waals surface area contributed by atoms with Gasteiger partial charge in [0.2, 0.25) is 0 Å². The quantitative estimate of drug-likeness (QED) is 0.401. The Morgan fingerprint density at radius 1 is 1.00 bits per heavy atom. The summed E-state index contributed by atoms with van der Waals surface area (Å²) in [4.78, 5) is 23.1. The van der Waals surface area contributed by atoms with Crippen molar-refractivity contribution in [1.82, 2.24) is 10.2 Å². The maximum Gasteiger partial charge on any atom is 0.317 e. The topological polar surface area (TPSA) is 110 Å². The third-order valence-electron chi connectivity index (χ3n) is 2.37. The molecule has 0 aliphatic carbocycles. The average Bonchev–Trinajstić information content (AvgIpc) is 2.32. The van der Waals surface area contributed by atoms with Crippen molar-refractivity contribution in [2.75, 3.05) is 32.8 Å². The van der Waals surface area contributed by atoms with Gasteiger partial charge < -0.3 is 25.5 Å². The maximum absolute atomic E-state index is 11.6. The number of nitrogens with one attached hydrogen (secondary N) is 1. The van der Waals surface area contributed by atoms with Crippen LogP contribution in [0.3, 0.4) is 0 Å². The van der Waals surface area contributed by atoms with E-state index in [1.807, 2.05) is 0 Å². The molecule has 0 rings (SSSR count). The molecule has 0 aliphatic heterocycles. The first-order valence-corrected chi connectivity index (χ1v) is 6.08. The summed E-state index contributed by atoms with van der Waals surface area (Å²) >= 11 is 0. The van der Waals surface area contributed by atoms with E-state index in [9.17, 15) is 9.59 Å². The van der Waals surface area contributed by atoms with Gasteiger partial charge in [0.1, 0.15) is 0 Å². The fraction of sp³-hybridized carbons (Fsp3) is 0.818. The van der Waals surface area contributed by atoms with E-state index in [-0.39, 0.29) is 38.8 Å². The molecule has 7 heteroatoms. The standard InChI is InChI=1S/C11H22N2O5/c14-8-6-13(7-9-15)11(18)12-5-3-1-2-4-10(16)17/h14-15H,1-9H2,(H,12,18)(H,16,17). The largest absolute Gasteiger partial charge is 0.481 e. The highest BCUT2D eigenvalue weighted by molar-refractivity contribution is 5.74. The third-order valence-corrected chi connectivity index (χ3v) is 2.37. The monoisotopic (exact) mass is 262 g/mol. The molecule has 4 N–H and O–H groups in total. The minimum Gasteiger partial charge on any atom is -0.481 e. The summed E-state index contributed by atoms with van der Waals surface area (Å²) in [7, 11) is 0. The molecule has 0 aromatic rings. The molecule has 0 aromatic carbocycles. The van der Waals surface area contributed by atoms with Crippen molar-refractivity contribution in [3.05, 3.63) is 0 Å². The Labute approximate surface area is 106 Å². The number of aliphatic carboxylic acids is 1. The summed E-state index contributed by atoms with van der Waals surface area (Å²) in [5, 5.41) is 28.6. The van der Waals surface area contributed by atoms with Crippen molar-refractivity contribution < 1.29 is 24.9 Å². The van der Waals surface area contributed by atoms with Gasteiger partial charge in [0.05, 0.1) is 13.2 Å². The lowest BCUT2D eigenvalue weighted by molar-refractivity contribution is -0.137. The van der Waals surface area contributed by atoms with Crippen LogP contribution in [0.15, 0.2) is 0 Å². The second-order valence-electron chi connectivity index (χ2n) is 3.87. The number of hydrogen-bond acceptors (Lipinski definition) is 4. The van der Waals surface area contributed by atoms with E-state index < -0.39 is 5.97 Å². The van der Waals surface area contributed by atoms with Crippen molar-refractivity contribution in [3.8, 4) is 0 Å². The highest BCUT2D eigenvalue weighted by atomic mass is 16.4. The number of rotatable bonds is 10.